The van der Waals surface area contributed by atoms with Gasteiger partial charge in [0.05, 0.1) is 65.6 Å². The number of nitrogens with zero attached hydrogens (tertiary/aromatic N) is 4. The third kappa shape index (κ3) is 16.9. The van der Waals surface area contributed by atoms with E-state index in [0.29, 0.717) is 35.0 Å². The number of thiol groups is 1. The van der Waals surface area contributed by atoms with Crippen molar-refractivity contribution >= 4 is 68.1 Å². The van der Waals surface area contributed by atoms with Crippen LogP contribution in [0.3, 0.4) is 0 Å². The van der Waals surface area contributed by atoms with Crippen molar-refractivity contribution in [2.75, 3.05) is 75.7 Å². The summed E-state index contributed by atoms with van der Waals surface area (Å²) in [5.74, 6) is -0.000428. The van der Waals surface area contributed by atoms with E-state index < -0.39 is 38.0 Å². The minimum absolute atomic E-state index is 0.0167. The second-order valence-electron chi connectivity index (χ2n) is 26.3. The van der Waals surface area contributed by atoms with Gasteiger partial charge in [-0.25, -0.2) is 10.3 Å². The van der Waals surface area contributed by atoms with Gasteiger partial charge in [-0.3, -0.25) is 38.0 Å². The smallest absolute Gasteiger partial charge is 0.318 e. The largest absolute Gasteiger partial charge is 0.376 e. The Morgan fingerprint density at radius 3 is 2.06 bits per heavy atom. The number of aldehydes is 1. The molecular weight excluding hydrogens is 1010 g/mol. The van der Waals surface area contributed by atoms with E-state index in [2.05, 4.69) is 65.3 Å². The van der Waals surface area contributed by atoms with E-state index in [4.69, 9.17) is 15.0 Å². The van der Waals surface area contributed by atoms with Crippen molar-refractivity contribution < 1.29 is 43.0 Å². The maximum atomic E-state index is 14.2. The fraction of sp³-hybridized carbons (Fsp3) is 0.644. The Balaban J connectivity index is 1.10. The van der Waals surface area contributed by atoms with Gasteiger partial charge < -0.3 is 45.3 Å². The van der Waals surface area contributed by atoms with Crippen LogP contribution in [0.2, 0.25) is 0 Å². The average Bonchev–Trinajstić information content (AvgIpc) is 3.77. The number of para-hydroxylation sites is 1. The quantitative estimate of drug-likeness (QED) is 0.0167. The lowest BCUT2D eigenvalue weighted by Crippen LogP contribution is -2.47. The predicted molar refractivity (Wildman–Crippen MR) is 311 cm³/mol. The predicted octanol–water partition coefficient (Wildman–Crippen LogP) is 7.84. The third-order valence-electron chi connectivity index (χ3n) is 15.6. The van der Waals surface area contributed by atoms with Gasteiger partial charge in [-0.1, -0.05) is 70.2 Å². The van der Waals surface area contributed by atoms with Crippen LogP contribution in [0.25, 0.3) is 11.4 Å². The molecular formula is C59H93N9O9S. The zero-order chi connectivity index (χ0) is 58.2. The summed E-state index contributed by atoms with van der Waals surface area (Å²) < 4.78 is 12.5. The lowest BCUT2D eigenvalue weighted by atomic mass is 9.85. The number of fused-ring (bicyclic) bond motifs is 3. The molecule has 7 amide bonds. The van der Waals surface area contributed by atoms with E-state index in [1.807, 2.05) is 104 Å². The molecule has 5 N–H and O–H groups in total. The van der Waals surface area contributed by atoms with Gasteiger partial charge in [0, 0.05) is 50.7 Å². The highest BCUT2D eigenvalue weighted by molar-refractivity contribution is 8.47. The fourth-order valence-corrected chi connectivity index (χ4v) is 12.4. The van der Waals surface area contributed by atoms with E-state index >= 15 is 0 Å². The van der Waals surface area contributed by atoms with Gasteiger partial charge in [-0.2, -0.15) is 5.11 Å². The van der Waals surface area contributed by atoms with Crippen LogP contribution < -0.4 is 26.2 Å². The van der Waals surface area contributed by atoms with Crippen LogP contribution in [-0.2, 0) is 44.8 Å². The Bertz CT molecular complexity index is 2530. The second-order valence-corrected chi connectivity index (χ2v) is 34.7. The summed E-state index contributed by atoms with van der Waals surface area (Å²) in [5.41, 5.74) is 9.63. The summed E-state index contributed by atoms with van der Waals surface area (Å²) in [7, 11) is -0.0494. The van der Waals surface area contributed by atoms with E-state index in [1.54, 1.807) is 11.9 Å². The molecule has 2 aromatic rings. The van der Waals surface area contributed by atoms with Crippen molar-refractivity contribution in [2.24, 2.45) is 40.6 Å². The van der Waals surface area contributed by atoms with Crippen LogP contribution >= 0.6 is 9.16 Å². The number of rotatable bonds is 27. The van der Waals surface area contributed by atoms with E-state index in [0.717, 1.165) is 30.3 Å². The normalized spacial score (nSPS) is 21.5. The van der Waals surface area contributed by atoms with Gasteiger partial charge in [0.1, 0.15) is 18.7 Å². The van der Waals surface area contributed by atoms with Crippen molar-refractivity contribution in [3.05, 3.63) is 65.2 Å². The van der Waals surface area contributed by atoms with Crippen LogP contribution in [0.5, 0.6) is 0 Å². The molecule has 0 spiro atoms. The molecule has 1 saturated carbocycles. The van der Waals surface area contributed by atoms with Gasteiger partial charge in [0.25, 0.3) is 0 Å². The maximum Gasteiger partial charge on any atom is 0.318 e. The van der Waals surface area contributed by atoms with E-state index in [-0.39, 0.29) is 118 Å². The van der Waals surface area contributed by atoms with Crippen molar-refractivity contribution in [3.63, 3.8) is 0 Å². The number of imide groups is 1. The Labute approximate surface area is 464 Å². The molecule has 5 rings (SSSR count). The number of carbonyl (C=O) groups is 7. The minimum atomic E-state index is -1.63. The number of amides is 7. The Morgan fingerprint density at radius 2 is 1.46 bits per heavy atom. The molecule has 0 aromatic heterocycles. The Hall–Kier alpha value is -5.66. The molecule has 2 heterocycles. The summed E-state index contributed by atoms with van der Waals surface area (Å²) in [6.07, 6.45) is 12.9. The molecule has 18 nitrogen and oxygen atoms in total. The summed E-state index contributed by atoms with van der Waals surface area (Å²) in [6.45, 7) is 19.9. The summed E-state index contributed by atoms with van der Waals surface area (Å²) >= 11 is 0. The monoisotopic (exact) mass is 1100 g/mol. The number of urea groups is 1. The lowest BCUT2D eigenvalue weighted by molar-refractivity contribution is -0.141. The average molecular weight is 1100 g/mol. The van der Waals surface area contributed by atoms with Crippen LogP contribution in [0, 0.1) is 41.0 Å². The minimum Gasteiger partial charge on any atom is -0.376 e. The fourth-order valence-electron chi connectivity index (χ4n) is 10.9. The van der Waals surface area contributed by atoms with Crippen LogP contribution in [-0.4, -0.2) is 145 Å². The number of anilines is 1. The highest BCUT2D eigenvalue weighted by Crippen LogP contribution is 2.57. The van der Waals surface area contributed by atoms with Crippen molar-refractivity contribution in [1.82, 2.24) is 31.1 Å². The topological polar surface area (TPSA) is 232 Å². The molecule has 2 aromatic carbocycles. The maximum absolute atomic E-state index is 14.2. The van der Waals surface area contributed by atoms with Crippen LogP contribution in [0.4, 0.5) is 10.5 Å². The lowest BCUT2D eigenvalue weighted by Gasteiger charge is -2.47. The van der Waals surface area contributed by atoms with Crippen LogP contribution in [0.1, 0.15) is 124 Å². The van der Waals surface area contributed by atoms with Crippen molar-refractivity contribution in [3.8, 4) is 0 Å². The highest BCUT2D eigenvalue weighted by atomic mass is 32.3. The van der Waals surface area contributed by atoms with E-state index in [9.17, 15) is 33.6 Å². The molecule has 434 valence electrons. The molecule has 1 aliphatic carbocycles. The molecule has 5 unspecified atom stereocenters. The molecule has 2 fully saturated rings. The Morgan fingerprint density at radius 1 is 0.846 bits per heavy atom. The SMILES string of the molecule is CC(C)C(C=O)NC(=O)CC(C)(C)OCC(C)(C)N/C1=C(\N=N)c2ccccc2N(C(=O)CCNC(=O)N(C)COC(C)(C)CCNC(=O)CCN2C(=O)C3C(C)C(CCC[SH](C)(C)(C)C)C(C)C3C2=O)Cc2ccccc21. The number of benzene rings is 2. The summed E-state index contributed by atoms with van der Waals surface area (Å²) in [4.78, 5) is 96.4. The first-order chi connectivity index (χ1) is 36.2. The zero-order valence-electron chi connectivity index (χ0n) is 49.3. The first-order valence-electron chi connectivity index (χ1n) is 27.8. The molecule has 5 atom stereocenters. The third-order valence-corrected chi connectivity index (χ3v) is 17.7. The first kappa shape index (κ1) is 63.2. The number of nitrogens with one attached hydrogen (secondary N) is 5. The molecule has 78 heavy (non-hydrogen) atoms. The molecule has 1 saturated heterocycles. The molecule has 0 radical (unpaired) electrons. The molecule has 2 aliphatic heterocycles. The number of hydrogen-bond donors (Lipinski definition) is 6. The summed E-state index contributed by atoms with van der Waals surface area (Å²) in [5, 5.41) is 16.2. The van der Waals surface area contributed by atoms with Crippen LogP contribution in [0.15, 0.2) is 53.6 Å². The number of ether oxygens (including phenoxy) is 2. The first-order valence-corrected chi connectivity index (χ1v) is 32.0. The second kappa shape index (κ2) is 25.6. The zero-order valence-corrected chi connectivity index (χ0v) is 50.2. The molecule has 3 aliphatic rings. The van der Waals surface area contributed by atoms with Crippen molar-refractivity contribution in [2.45, 2.75) is 137 Å². The van der Waals surface area contributed by atoms with Gasteiger partial charge in [0.15, 0.2) is 0 Å². The standard InChI is InChI=1S/C59H93N9O9S/c1-38(2)45(35-69)63-48(71)33-59(9,10)76-36-57(5,6)64-52-43-22-17-16-21-41(43)34-68(46-25-19-18-23-44(46)53(52)65-60)49(72)26-29-62-56(75)66(11)37-77-58(7,8)28-30-61-47(70)27-31-67-54(73)50-39(3)42(40(4)51(50)55(67)74)24-20-32-78(12,13,14)15/h16-19,21-23,25,35,38-40,42,45,50-51,60,64,78H,20,24,26-34,36-37H2,1-15H3,(H,61,70)(H,62,75)(H,63,71)/b53-52-,65-60?. The van der Waals surface area contributed by atoms with Gasteiger partial charge in [-0.05, 0) is 127 Å². The number of hydrogen-bond acceptors (Lipinski definition) is 12. The van der Waals surface area contributed by atoms with Gasteiger partial charge in [0.2, 0.25) is 29.5 Å². The van der Waals surface area contributed by atoms with Gasteiger partial charge >= 0.3 is 6.03 Å². The van der Waals surface area contributed by atoms with Gasteiger partial charge in [-0.15, -0.1) is 0 Å². The summed E-state index contributed by atoms with van der Waals surface area (Å²) in [6, 6.07) is 13.8. The number of likely N-dealkylation sites (tertiary alicyclic amines) is 1. The molecule has 19 heteroatoms. The van der Waals surface area contributed by atoms with E-state index in [1.165, 1.54) is 15.6 Å². The number of carbonyl (C=O) groups excluding carboxylic acids is 7. The Kier molecular flexibility index (Phi) is 20.8. The highest BCUT2D eigenvalue weighted by Gasteiger charge is 2.59. The molecule has 0 bridgehead atoms. The van der Waals surface area contributed by atoms with Crippen molar-refractivity contribution in [1.29, 1.82) is 5.53 Å².